The molecule has 0 saturated heterocycles. The van der Waals surface area contributed by atoms with Gasteiger partial charge in [0.2, 0.25) is 5.13 Å². The number of fused-ring (bicyclic) bond motifs is 1. The number of aromatic amines is 1. The number of imidazole rings is 1. The van der Waals surface area contributed by atoms with E-state index in [1.807, 2.05) is 0 Å². The molecular formula is C10H7ClN4O3S2. The van der Waals surface area contributed by atoms with Gasteiger partial charge in [-0.25, -0.2) is 17.8 Å². The molecule has 0 atom stereocenters. The molecule has 0 unspecified atom stereocenters. The fourth-order valence-electron chi connectivity index (χ4n) is 1.80. The summed E-state index contributed by atoms with van der Waals surface area (Å²) in [7, 11) is 1.45. The molecule has 0 saturated carbocycles. The van der Waals surface area contributed by atoms with Crippen molar-refractivity contribution in [3.8, 4) is 5.13 Å². The van der Waals surface area contributed by atoms with Gasteiger partial charge in [0, 0.05) is 10.7 Å². The number of H-pyrrole nitrogens is 1. The van der Waals surface area contributed by atoms with Crippen molar-refractivity contribution in [3.05, 3.63) is 33.7 Å². The summed E-state index contributed by atoms with van der Waals surface area (Å²) >= 11 is 1.23. The quantitative estimate of drug-likeness (QED) is 0.716. The minimum absolute atomic E-state index is 0.0827. The van der Waals surface area contributed by atoms with E-state index in [1.54, 1.807) is 6.92 Å². The zero-order valence-electron chi connectivity index (χ0n) is 9.99. The van der Waals surface area contributed by atoms with E-state index in [2.05, 4.69) is 15.2 Å². The molecule has 2 heterocycles. The van der Waals surface area contributed by atoms with E-state index in [0.29, 0.717) is 21.2 Å². The average molecular weight is 331 g/mol. The molecule has 0 aliphatic carbocycles. The average Bonchev–Trinajstić information content (AvgIpc) is 2.89. The highest BCUT2D eigenvalue weighted by molar-refractivity contribution is 8.13. The standard InChI is InChI=1S/C10H7ClN4O3S2/c1-5-13-14-10(19-5)15-8-4-6(20(11,17)18)2-3-7(8)12-9(15)16/h2-4H,1H3,(H,12,16). The number of benzene rings is 1. The van der Waals surface area contributed by atoms with Gasteiger partial charge in [0.05, 0.1) is 15.9 Å². The first-order valence-corrected chi connectivity index (χ1v) is 8.49. The van der Waals surface area contributed by atoms with Crippen molar-refractivity contribution >= 4 is 42.1 Å². The monoisotopic (exact) mass is 330 g/mol. The molecule has 0 bridgehead atoms. The molecule has 0 amide bonds. The maximum absolute atomic E-state index is 12.0. The van der Waals surface area contributed by atoms with Crippen LogP contribution in [0.1, 0.15) is 5.01 Å². The van der Waals surface area contributed by atoms with E-state index < -0.39 is 14.7 Å². The summed E-state index contributed by atoms with van der Waals surface area (Å²) < 4.78 is 24.0. The lowest BCUT2D eigenvalue weighted by molar-refractivity contribution is 0.609. The Kier molecular flexibility index (Phi) is 2.92. The Hall–Kier alpha value is -1.71. The van der Waals surface area contributed by atoms with Crippen LogP contribution in [0.15, 0.2) is 27.9 Å². The number of aryl methyl sites for hydroxylation is 1. The third-order valence-corrected chi connectivity index (χ3v) is 4.82. The van der Waals surface area contributed by atoms with Crippen LogP contribution in [-0.4, -0.2) is 28.2 Å². The first-order valence-electron chi connectivity index (χ1n) is 5.36. The van der Waals surface area contributed by atoms with E-state index in [4.69, 9.17) is 10.7 Å². The summed E-state index contributed by atoms with van der Waals surface area (Å²) in [6, 6.07) is 4.14. The van der Waals surface area contributed by atoms with E-state index in [1.165, 1.54) is 34.1 Å². The van der Waals surface area contributed by atoms with E-state index in [-0.39, 0.29) is 4.90 Å². The van der Waals surface area contributed by atoms with Gasteiger partial charge < -0.3 is 4.98 Å². The number of hydrogen-bond donors (Lipinski definition) is 1. The fourth-order valence-corrected chi connectivity index (χ4v) is 3.27. The van der Waals surface area contributed by atoms with Crippen LogP contribution in [0.3, 0.4) is 0 Å². The summed E-state index contributed by atoms with van der Waals surface area (Å²) in [5, 5.41) is 8.79. The van der Waals surface area contributed by atoms with Gasteiger partial charge in [-0.15, -0.1) is 10.2 Å². The maximum atomic E-state index is 12.0. The van der Waals surface area contributed by atoms with Gasteiger partial charge in [0.25, 0.3) is 9.05 Å². The van der Waals surface area contributed by atoms with Crippen LogP contribution < -0.4 is 5.69 Å². The maximum Gasteiger partial charge on any atom is 0.332 e. The van der Waals surface area contributed by atoms with Crippen molar-refractivity contribution in [1.82, 2.24) is 19.7 Å². The molecule has 0 aliphatic rings. The minimum atomic E-state index is -3.87. The van der Waals surface area contributed by atoms with Gasteiger partial charge in [-0.05, 0) is 25.1 Å². The smallest absolute Gasteiger partial charge is 0.305 e. The Morgan fingerprint density at radius 1 is 1.35 bits per heavy atom. The Bertz CT molecular complexity index is 970. The second kappa shape index (κ2) is 4.40. The van der Waals surface area contributed by atoms with Crippen molar-refractivity contribution in [2.45, 2.75) is 11.8 Å². The van der Waals surface area contributed by atoms with Crippen LogP contribution in [-0.2, 0) is 9.05 Å². The highest BCUT2D eigenvalue weighted by Gasteiger charge is 2.16. The lowest BCUT2D eigenvalue weighted by Gasteiger charge is -1.99. The van der Waals surface area contributed by atoms with Crippen LogP contribution >= 0.6 is 22.0 Å². The second-order valence-electron chi connectivity index (χ2n) is 3.99. The van der Waals surface area contributed by atoms with Crippen LogP contribution in [0.4, 0.5) is 0 Å². The van der Waals surface area contributed by atoms with Crippen LogP contribution in [0, 0.1) is 6.92 Å². The number of halogens is 1. The van der Waals surface area contributed by atoms with E-state index in [9.17, 15) is 13.2 Å². The highest BCUT2D eigenvalue weighted by atomic mass is 35.7. The van der Waals surface area contributed by atoms with Crippen molar-refractivity contribution in [2.75, 3.05) is 0 Å². The molecule has 10 heteroatoms. The van der Waals surface area contributed by atoms with Gasteiger partial charge in [-0.1, -0.05) is 11.3 Å². The molecular weight excluding hydrogens is 324 g/mol. The predicted molar refractivity (Wildman–Crippen MR) is 75.1 cm³/mol. The normalized spacial score (nSPS) is 12.1. The van der Waals surface area contributed by atoms with Crippen molar-refractivity contribution in [1.29, 1.82) is 0 Å². The first-order chi connectivity index (χ1) is 9.36. The Labute approximate surface area is 121 Å². The molecule has 1 aromatic carbocycles. The predicted octanol–water partition coefficient (Wildman–Crippen LogP) is 1.41. The molecule has 0 aliphatic heterocycles. The fraction of sp³-hybridized carbons (Fsp3) is 0.100. The lowest BCUT2D eigenvalue weighted by Crippen LogP contribution is -2.14. The summed E-state index contributed by atoms with van der Waals surface area (Å²) in [5.41, 5.74) is 0.458. The number of rotatable bonds is 2. The molecule has 20 heavy (non-hydrogen) atoms. The molecule has 0 spiro atoms. The number of aromatic nitrogens is 4. The van der Waals surface area contributed by atoms with Crippen LogP contribution in [0.25, 0.3) is 16.2 Å². The lowest BCUT2D eigenvalue weighted by atomic mass is 10.3. The number of hydrogen-bond acceptors (Lipinski definition) is 6. The molecule has 0 radical (unpaired) electrons. The Balaban J connectivity index is 2.37. The molecule has 1 N–H and O–H groups in total. The molecule has 7 nitrogen and oxygen atoms in total. The highest BCUT2D eigenvalue weighted by Crippen LogP contribution is 2.23. The third kappa shape index (κ3) is 2.13. The summed E-state index contributed by atoms with van der Waals surface area (Å²) in [6.45, 7) is 1.76. The molecule has 2 aromatic heterocycles. The Morgan fingerprint density at radius 3 is 2.70 bits per heavy atom. The molecule has 0 fully saturated rings. The number of nitrogens with one attached hydrogen (secondary N) is 1. The zero-order valence-corrected chi connectivity index (χ0v) is 12.4. The summed E-state index contributed by atoms with van der Waals surface area (Å²) in [6.07, 6.45) is 0. The van der Waals surface area contributed by atoms with E-state index in [0.717, 1.165) is 0 Å². The van der Waals surface area contributed by atoms with Crippen LogP contribution in [0.2, 0.25) is 0 Å². The second-order valence-corrected chi connectivity index (χ2v) is 7.71. The van der Waals surface area contributed by atoms with E-state index >= 15 is 0 Å². The summed E-state index contributed by atoms with van der Waals surface area (Å²) in [4.78, 5) is 14.5. The van der Waals surface area contributed by atoms with Gasteiger partial charge >= 0.3 is 5.69 Å². The topological polar surface area (TPSA) is 97.7 Å². The number of nitrogens with zero attached hydrogens (tertiary/aromatic N) is 3. The van der Waals surface area contributed by atoms with Gasteiger partial charge in [0.15, 0.2) is 0 Å². The third-order valence-electron chi connectivity index (χ3n) is 2.64. The van der Waals surface area contributed by atoms with Crippen molar-refractivity contribution < 1.29 is 8.42 Å². The van der Waals surface area contributed by atoms with Crippen LogP contribution in [0.5, 0.6) is 0 Å². The van der Waals surface area contributed by atoms with Gasteiger partial charge in [-0.2, -0.15) is 0 Å². The molecule has 3 rings (SSSR count). The minimum Gasteiger partial charge on any atom is -0.305 e. The summed E-state index contributed by atoms with van der Waals surface area (Å²) in [5.74, 6) is 0. The Morgan fingerprint density at radius 2 is 2.10 bits per heavy atom. The molecule has 3 aromatic rings. The van der Waals surface area contributed by atoms with Crippen molar-refractivity contribution in [2.24, 2.45) is 0 Å². The van der Waals surface area contributed by atoms with Gasteiger partial charge in [0.1, 0.15) is 5.01 Å². The van der Waals surface area contributed by atoms with Gasteiger partial charge in [-0.3, -0.25) is 0 Å². The first kappa shape index (κ1) is 13.3. The zero-order chi connectivity index (χ0) is 14.5. The van der Waals surface area contributed by atoms with Crippen molar-refractivity contribution in [3.63, 3.8) is 0 Å². The molecule has 104 valence electrons. The SMILES string of the molecule is Cc1nnc(-n2c(=O)[nH]c3ccc(S(=O)(=O)Cl)cc32)s1. The largest absolute Gasteiger partial charge is 0.332 e.